The van der Waals surface area contributed by atoms with Gasteiger partial charge in [0, 0.05) is 12.1 Å². The molecule has 0 aliphatic heterocycles. The number of ether oxygens (including phenoxy) is 1. The molecule has 0 bridgehead atoms. The van der Waals surface area contributed by atoms with Crippen molar-refractivity contribution in [3.63, 3.8) is 0 Å². The second-order valence-electron chi connectivity index (χ2n) is 5.13. The monoisotopic (exact) mass is 369 g/mol. The number of amides is 1. The number of rotatable bonds is 7. The highest BCUT2D eigenvalue weighted by Crippen LogP contribution is 2.31. The quantitative estimate of drug-likeness (QED) is 0.700. The summed E-state index contributed by atoms with van der Waals surface area (Å²) in [7, 11) is 0. The van der Waals surface area contributed by atoms with E-state index in [0.717, 1.165) is 0 Å². The predicted octanol–water partition coefficient (Wildman–Crippen LogP) is 2.80. The Kier molecular flexibility index (Phi) is 6.73. The number of phenolic OH excluding ortho intramolecular Hbond substituents is 1. The lowest BCUT2D eigenvalue weighted by molar-refractivity contribution is -0.121. The Hall–Kier alpha value is -1.95. The van der Waals surface area contributed by atoms with Gasteiger partial charge in [0.05, 0.1) is 11.4 Å². The van der Waals surface area contributed by atoms with Gasteiger partial charge in [-0.2, -0.15) is 0 Å². The van der Waals surface area contributed by atoms with Crippen LogP contribution in [0.4, 0.5) is 0 Å². The summed E-state index contributed by atoms with van der Waals surface area (Å²) in [4.78, 5) is 11.8. The predicted molar refractivity (Wildman–Crippen MR) is 92.8 cm³/mol. The number of para-hydroxylation sites is 1. The highest BCUT2D eigenvalue weighted by atomic mass is 35.5. The first-order valence-corrected chi connectivity index (χ1v) is 8.01. The van der Waals surface area contributed by atoms with E-state index >= 15 is 0 Å². The van der Waals surface area contributed by atoms with Crippen molar-refractivity contribution < 1.29 is 19.7 Å². The third kappa shape index (κ3) is 5.30. The number of hydrogen-bond donors (Lipinski definition) is 3. The van der Waals surface area contributed by atoms with Crippen LogP contribution in [0.25, 0.3) is 0 Å². The molecule has 128 valence electrons. The highest BCUT2D eigenvalue weighted by Gasteiger charge is 2.12. The number of hydrogen-bond acceptors (Lipinski definition) is 4. The van der Waals surface area contributed by atoms with Gasteiger partial charge in [0.1, 0.15) is 29.2 Å². The number of phenols is 1. The maximum atomic E-state index is 11.8. The largest absolute Gasteiger partial charge is 0.508 e. The first-order chi connectivity index (χ1) is 11.5. The SMILES string of the molecule is O=C(Cc1ccccc1O)NC[C@H](O)COc1cccc(Cl)c1Cl. The normalized spacial score (nSPS) is 11.8. The molecule has 0 aromatic heterocycles. The molecule has 1 amide bonds. The van der Waals surface area contributed by atoms with Crippen molar-refractivity contribution in [2.75, 3.05) is 13.2 Å². The van der Waals surface area contributed by atoms with Crippen molar-refractivity contribution in [2.24, 2.45) is 0 Å². The number of benzene rings is 2. The van der Waals surface area contributed by atoms with Gasteiger partial charge >= 0.3 is 0 Å². The molecular weight excluding hydrogens is 353 g/mol. The van der Waals surface area contributed by atoms with Crippen LogP contribution in [0.15, 0.2) is 42.5 Å². The second-order valence-corrected chi connectivity index (χ2v) is 5.91. The average Bonchev–Trinajstić information content (AvgIpc) is 2.56. The van der Waals surface area contributed by atoms with Gasteiger partial charge in [0.2, 0.25) is 5.91 Å². The van der Waals surface area contributed by atoms with E-state index in [1.165, 1.54) is 6.07 Å². The third-order valence-corrected chi connectivity index (χ3v) is 4.03. The van der Waals surface area contributed by atoms with Crippen LogP contribution >= 0.6 is 23.2 Å². The Morgan fingerprint density at radius 3 is 2.67 bits per heavy atom. The smallest absolute Gasteiger partial charge is 0.224 e. The van der Waals surface area contributed by atoms with E-state index in [1.54, 1.807) is 36.4 Å². The molecule has 2 rings (SSSR count). The standard InChI is InChI=1S/C17H17Cl2NO4/c18-13-5-3-7-15(17(13)19)24-10-12(21)9-20-16(23)8-11-4-1-2-6-14(11)22/h1-7,12,21-22H,8-10H2,(H,20,23)/t12-/m0/s1. The molecule has 2 aromatic carbocycles. The summed E-state index contributed by atoms with van der Waals surface area (Å²) >= 11 is 11.8. The number of nitrogens with one attached hydrogen (secondary N) is 1. The zero-order chi connectivity index (χ0) is 17.5. The minimum atomic E-state index is -0.909. The zero-order valence-electron chi connectivity index (χ0n) is 12.7. The summed E-state index contributed by atoms with van der Waals surface area (Å²) in [5, 5.41) is 22.7. The van der Waals surface area contributed by atoms with E-state index in [-0.39, 0.29) is 36.3 Å². The molecule has 0 aliphatic carbocycles. The van der Waals surface area contributed by atoms with E-state index in [9.17, 15) is 15.0 Å². The molecule has 3 N–H and O–H groups in total. The molecule has 0 unspecified atom stereocenters. The Bertz CT molecular complexity index is 709. The van der Waals surface area contributed by atoms with Crippen molar-refractivity contribution in [3.05, 3.63) is 58.1 Å². The fraction of sp³-hybridized carbons (Fsp3) is 0.235. The van der Waals surface area contributed by atoms with Crippen LogP contribution < -0.4 is 10.1 Å². The number of aromatic hydroxyl groups is 1. The van der Waals surface area contributed by atoms with Gasteiger partial charge in [-0.25, -0.2) is 0 Å². The fourth-order valence-corrected chi connectivity index (χ4v) is 2.31. The van der Waals surface area contributed by atoms with Gasteiger partial charge in [-0.05, 0) is 18.2 Å². The minimum absolute atomic E-state index is 0.0185. The molecule has 24 heavy (non-hydrogen) atoms. The van der Waals surface area contributed by atoms with Crippen LogP contribution in [0.5, 0.6) is 11.5 Å². The van der Waals surface area contributed by atoms with Crippen molar-refractivity contribution in [2.45, 2.75) is 12.5 Å². The number of aliphatic hydroxyl groups is 1. The van der Waals surface area contributed by atoms with Gasteiger partial charge < -0.3 is 20.3 Å². The first-order valence-electron chi connectivity index (χ1n) is 7.26. The van der Waals surface area contributed by atoms with Crippen LogP contribution in [-0.4, -0.2) is 35.4 Å². The van der Waals surface area contributed by atoms with Crippen molar-refractivity contribution >= 4 is 29.1 Å². The van der Waals surface area contributed by atoms with Crippen LogP contribution in [0.3, 0.4) is 0 Å². The molecule has 1 atom stereocenters. The summed E-state index contributed by atoms with van der Waals surface area (Å²) in [5.74, 6) is 0.118. The second kappa shape index (κ2) is 8.78. The van der Waals surface area contributed by atoms with Gasteiger partial charge in [-0.3, -0.25) is 4.79 Å². The lowest BCUT2D eigenvalue weighted by Crippen LogP contribution is -2.36. The van der Waals surface area contributed by atoms with E-state index in [1.807, 2.05) is 0 Å². The van der Waals surface area contributed by atoms with Crippen molar-refractivity contribution in [1.29, 1.82) is 0 Å². The van der Waals surface area contributed by atoms with Gasteiger partial charge in [-0.1, -0.05) is 47.5 Å². The number of halogens is 2. The fourth-order valence-electron chi connectivity index (χ4n) is 1.97. The number of aliphatic hydroxyl groups excluding tert-OH is 1. The molecule has 7 heteroatoms. The van der Waals surface area contributed by atoms with Gasteiger partial charge in [0.15, 0.2) is 0 Å². The Labute approximate surface area is 149 Å². The maximum Gasteiger partial charge on any atom is 0.224 e. The minimum Gasteiger partial charge on any atom is -0.508 e. The lowest BCUT2D eigenvalue weighted by Gasteiger charge is -2.14. The van der Waals surface area contributed by atoms with Crippen LogP contribution in [0.1, 0.15) is 5.56 Å². The molecule has 2 aromatic rings. The third-order valence-electron chi connectivity index (χ3n) is 3.22. The van der Waals surface area contributed by atoms with Crippen molar-refractivity contribution in [1.82, 2.24) is 5.32 Å². The highest BCUT2D eigenvalue weighted by molar-refractivity contribution is 6.42. The Morgan fingerprint density at radius 1 is 1.17 bits per heavy atom. The van der Waals surface area contributed by atoms with Crippen LogP contribution in [0, 0.1) is 0 Å². The number of carbonyl (C=O) groups is 1. The summed E-state index contributed by atoms with van der Waals surface area (Å²) in [6, 6.07) is 11.5. The summed E-state index contributed by atoms with van der Waals surface area (Å²) in [6.07, 6.45) is -0.881. The molecule has 0 saturated heterocycles. The molecule has 0 spiro atoms. The zero-order valence-corrected chi connectivity index (χ0v) is 14.2. The average molecular weight is 370 g/mol. The van der Waals surface area contributed by atoms with Gasteiger partial charge in [-0.15, -0.1) is 0 Å². The summed E-state index contributed by atoms with van der Waals surface area (Å²) < 4.78 is 5.39. The van der Waals surface area contributed by atoms with Crippen molar-refractivity contribution in [3.8, 4) is 11.5 Å². The number of carbonyl (C=O) groups excluding carboxylic acids is 1. The topological polar surface area (TPSA) is 78.8 Å². The molecule has 0 fully saturated rings. The van der Waals surface area contributed by atoms with E-state index in [0.29, 0.717) is 16.3 Å². The maximum absolute atomic E-state index is 11.8. The summed E-state index contributed by atoms with van der Waals surface area (Å²) in [6.45, 7) is -0.0262. The first kappa shape index (κ1) is 18.4. The van der Waals surface area contributed by atoms with Gasteiger partial charge in [0.25, 0.3) is 0 Å². The molecule has 5 nitrogen and oxygen atoms in total. The Morgan fingerprint density at radius 2 is 1.92 bits per heavy atom. The van der Waals surface area contributed by atoms with E-state index in [4.69, 9.17) is 27.9 Å². The van der Waals surface area contributed by atoms with Crippen LogP contribution in [0.2, 0.25) is 10.0 Å². The molecule has 0 radical (unpaired) electrons. The van der Waals surface area contributed by atoms with E-state index in [2.05, 4.69) is 5.32 Å². The lowest BCUT2D eigenvalue weighted by atomic mass is 10.1. The summed E-state index contributed by atoms with van der Waals surface area (Å²) in [5.41, 5.74) is 0.520. The molecule has 0 heterocycles. The molecule has 0 aliphatic rings. The van der Waals surface area contributed by atoms with E-state index < -0.39 is 6.10 Å². The molecular formula is C17H17Cl2NO4. The molecule has 0 saturated carbocycles. The Balaban J connectivity index is 1.76. The van der Waals surface area contributed by atoms with Crippen LogP contribution in [-0.2, 0) is 11.2 Å².